The van der Waals surface area contributed by atoms with Crippen LogP contribution < -0.4 is 4.74 Å². The second-order valence-electron chi connectivity index (χ2n) is 5.67. The molecule has 2 aromatic rings. The number of methoxy groups -OCH3 is 1. The monoisotopic (exact) mass is 309 g/mol. The molecule has 0 aromatic heterocycles. The van der Waals surface area contributed by atoms with Crippen LogP contribution in [-0.4, -0.2) is 38.4 Å². The van der Waals surface area contributed by atoms with Crippen LogP contribution in [0.1, 0.15) is 17.5 Å². The van der Waals surface area contributed by atoms with Gasteiger partial charge in [0.25, 0.3) is 0 Å². The fourth-order valence-electron chi connectivity index (χ4n) is 2.27. The molecule has 0 spiro atoms. The number of allylic oxidation sites excluding steroid dienone is 1. The van der Waals surface area contributed by atoms with Crippen molar-refractivity contribution in [2.24, 2.45) is 0 Å². The van der Waals surface area contributed by atoms with Gasteiger partial charge in [0.15, 0.2) is 5.78 Å². The Morgan fingerprint density at radius 3 is 2.26 bits per heavy atom. The van der Waals surface area contributed by atoms with E-state index < -0.39 is 0 Å². The molecule has 0 radical (unpaired) electrons. The maximum atomic E-state index is 12.7. The highest BCUT2D eigenvalue weighted by atomic mass is 16.5. The van der Waals surface area contributed by atoms with Crippen molar-refractivity contribution in [2.75, 3.05) is 27.7 Å². The highest BCUT2D eigenvalue weighted by molar-refractivity contribution is 6.25. The molecule has 0 aliphatic rings. The van der Waals surface area contributed by atoms with Crippen molar-refractivity contribution in [3.8, 4) is 5.75 Å². The largest absolute Gasteiger partial charge is 0.497 e. The van der Waals surface area contributed by atoms with E-state index in [2.05, 4.69) is 0 Å². The topological polar surface area (TPSA) is 29.5 Å². The maximum absolute atomic E-state index is 12.7. The van der Waals surface area contributed by atoms with Crippen molar-refractivity contribution in [2.45, 2.75) is 6.42 Å². The quantitative estimate of drug-likeness (QED) is 0.576. The van der Waals surface area contributed by atoms with E-state index in [0.717, 1.165) is 29.0 Å². The summed E-state index contributed by atoms with van der Waals surface area (Å²) < 4.78 is 5.18. The van der Waals surface area contributed by atoms with Crippen LogP contribution in [0, 0.1) is 0 Å². The summed E-state index contributed by atoms with van der Waals surface area (Å²) in [6, 6.07) is 17.5. The first kappa shape index (κ1) is 17.0. The summed E-state index contributed by atoms with van der Waals surface area (Å²) in [5.41, 5.74) is 2.69. The van der Waals surface area contributed by atoms with Gasteiger partial charge in [0, 0.05) is 18.5 Å². The van der Waals surface area contributed by atoms with Crippen molar-refractivity contribution in [3.63, 3.8) is 0 Å². The molecule has 0 N–H and O–H groups in total. The van der Waals surface area contributed by atoms with Gasteiger partial charge >= 0.3 is 0 Å². The third kappa shape index (κ3) is 5.08. The Morgan fingerprint density at radius 1 is 1.04 bits per heavy atom. The molecular formula is C20H23NO2. The fraction of sp³-hybridized carbons (Fsp3) is 0.250. The van der Waals surface area contributed by atoms with Crippen LogP contribution in [0.5, 0.6) is 5.75 Å². The smallest absolute Gasteiger partial charge is 0.164 e. The Morgan fingerprint density at radius 2 is 1.70 bits per heavy atom. The zero-order chi connectivity index (χ0) is 16.7. The number of Topliss-reactive ketones (excluding diaryl/α,β-unsaturated/α-hetero) is 1. The van der Waals surface area contributed by atoms with E-state index >= 15 is 0 Å². The summed E-state index contributed by atoms with van der Waals surface area (Å²) in [7, 11) is 5.59. The minimum Gasteiger partial charge on any atom is -0.497 e. The number of ketones is 1. The zero-order valence-corrected chi connectivity index (χ0v) is 14.0. The zero-order valence-electron chi connectivity index (χ0n) is 14.0. The molecule has 0 fully saturated rings. The van der Waals surface area contributed by atoms with Gasteiger partial charge in [0.1, 0.15) is 5.75 Å². The molecule has 0 atom stereocenters. The Bertz CT molecular complexity index is 658. The maximum Gasteiger partial charge on any atom is 0.164 e. The Balaban J connectivity index is 2.32. The van der Waals surface area contributed by atoms with Crippen molar-refractivity contribution in [3.05, 3.63) is 65.7 Å². The van der Waals surface area contributed by atoms with Crippen LogP contribution in [0.25, 0.3) is 11.6 Å². The van der Waals surface area contributed by atoms with Gasteiger partial charge in [0.2, 0.25) is 0 Å². The first-order valence-electron chi connectivity index (χ1n) is 7.69. The lowest BCUT2D eigenvalue weighted by Gasteiger charge is -2.11. The minimum atomic E-state index is 0.153. The van der Waals surface area contributed by atoms with Crippen molar-refractivity contribution in [1.82, 2.24) is 4.90 Å². The van der Waals surface area contributed by atoms with Crippen LogP contribution in [0.4, 0.5) is 0 Å². The molecule has 2 aromatic carbocycles. The van der Waals surface area contributed by atoms with Crippen LogP contribution in [0.15, 0.2) is 54.6 Å². The van der Waals surface area contributed by atoms with E-state index in [0.29, 0.717) is 6.42 Å². The van der Waals surface area contributed by atoms with Crippen LogP contribution in [0.3, 0.4) is 0 Å². The minimum absolute atomic E-state index is 0.153. The summed E-state index contributed by atoms with van der Waals surface area (Å²) in [5.74, 6) is 0.961. The molecule has 0 amide bonds. The summed E-state index contributed by atoms with van der Waals surface area (Å²) in [6.07, 6.45) is 2.46. The Labute approximate surface area is 138 Å². The molecule has 0 unspecified atom stereocenters. The van der Waals surface area contributed by atoms with Crippen LogP contribution in [-0.2, 0) is 4.79 Å². The van der Waals surface area contributed by atoms with E-state index in [-0.39, 0.29) is 5.78 Å². The molecule has 2 rings (SSSR count). The molecule has 0 saturated carbocycles. The lowest BCUT2D eigenvalue weighted by Crippen LogP contribution is -2.17. The predicted molar refractivity (Wildman–Crippen MR) is 95.5 cm³/mol. The standard InChI is InChI=1S/C20H23NO2/c1-21(2)14-13-20(22)19(17-7-5-4-6-8-17)15-16-9-11-18(23-3)12-10-16/h4-12,15H,13-14H2,1-3H3/b19-15-. The lowest BCUT2D eigenvalue weighted by atomic mass is 9.97. The van der Waals surface area contributed by atoms with E-state index in [1.165, 1.54) is 0 Å². The second kappa shape index (κ2) is 8.30. The average Bonchev–Trinajstić information content (AvgIpc) is 2.59. The van der Waals surface area contributed by atoms with Crippen molar-refractivity contribution < 1.29 is 9.53 Å². The predicted octanol–water partition coefficient (Wildman–Crippen LogP) is 3.76. The van der Waals surface area contributed by atoms with Crippen molar-refractivity contribution >= 4 is 17.4 Å². The van der Waals surface area contributed by atoms with Gasteiger partial charge in [0.05, 0.1) is 7.11 Å². The van der Waals surface area contributed by atoms with Gasteiger partial charge in [-0.3, -0.25) is 4.79 Å². The van der Waals surface area contributed by atoms with Crippen LogP contribution >= 0.6 is 0 Å². The lowest BCUT2D eigenvalue weighted by molar-refractivity contribution is -0.113. The van der Waals surface area contributed by atoms with Gasteiger partial charge in [-0.1, -0.05) is 42.5 Å². The molecule has 3 nitrogen and oxygen atoms in total. The number of hydrogen-bond acceptors (Lipinski definition) is 3. The summed E-state index contributed by atoms with van der Waals surface area (Å²) in [5, 5.41) is 0. The third-order valence-corrected chi connectivity index (χ3v) is 3.60. The molecule has 0 aliphatic carbocycles. The Kier molecular flexibility index (Phi) is 6.12. The number of benzene rings is 2. The second-order valence-corrected chi connectivity index (χ2v) is 5.67. The van der Waals surface area contributed by atoms with E-state index in [1.807, 2.05) is 79.7 Å². The molecule has 120 valence electrons. The number of nitrogens with zero attached hydrogens (tertiary/aromatic N) is 1. The summed E-state index contributed by atoms with van der Waals surface area (Å²) >= 11 is 0. The molecule has 0 heterocycles. The molecule has 23 heavy (non-hydrogen) atoms. The van der Waals surface area contributed by atoms with Gasteiger partial charge < -0.3 is 9.64 Å². The summed E-state index contributed by atoms with van der Waals surface area (Å²) in [4.78, 5) is 14.7. The normalized spacial score (nSPS) is 11.6. The van der Waals surface area contributed by atoms with Gasteiger partial charge in [-0.05, 0) is 43.4 Å². The molecule has 0 bridgehead atoms. The van der Waals surface area contributed by atoms with Gasteiger partial charge in [-0.25, -0.2) is 0 Å². The Hall–Kier alpha value is -2.39. The molecule has 3 heteroatoms. The highest BCUT2D eigenvalue weighted by Crippen LogP contribution is 2.22. The van der Waals surface area contributed by atoms with E-state index in [9.17, 15) is 4.79 Å². The van der Waals surface area contributed by atoms with Crippen molar-refractivity contribution in [1.29, 1.82) is 0 Å². The number of carbonyl (C=O) groups is 1. The van der Waals surface area contributed by atoms with Gasteiger partial charge in [-0.2, -0.15) is 0 Å². The molecule has 0 saturated heterocycles. The average molecular weight is 309 g/mol. The first-order valence-corrected chi connectivity index (χ1v) is 7.69. The van der Waals surface area contributed by atoms with Gasteiger partial charge in [-0.15, -0.1) is 0 Å². The fourth-order valence-corrected chi connectivity index (χ4v) is 2.27. The summed E-state index contributed by atoms with van der Waals surface area (Å²) in [6.45, 7) is 0.742. The first-order chi connectivity index (χ1) is 11.1. The molecular weight excluding hydrogens is 286 g/mol. The molecule has 0 aliphatic heterocycles. The van der Waals surface area contributed by atoms with Crippen LogP contribution in [0.2, 0.25) is 0 Å². The number of ether oxygens (including phenoxy) is 1. The van der Waals surface area contributed by atoms with E-state index in [1.54, 1.807) is 7.11 Å². The third-order valence-electron chi connectivity index (χ3n) is 3.60. The number of carbonyl (C=O) groups excluding carboxylic acids is 1. The highest BCUT2D eigenvalue weighted by Gasteiger charge is 2.12. The SMILES string of the molecule is COc1ccc(/C=C(\C(=O)CCN(C)C)c2ccccc2)cc1. The van der Waals surface area contributed by atoms with E-state index in [4.69, 9.17) is 4.74 Å². The number of rotatable bonds is 7. The number of hydrogen-bond donors (Lipinski definition) is 0.